The molecule has 0 spiro atoms. The first-order valence-electron chi connectivity index (χ1n) is 6.57. The summed E-state index contributed by atoms with van der Waals surface area (Å²) in [4.78, 5) is 4.29. The van der Waals surface area contributed by atoms with Crippen LogP contribution in [-0.4, -0.2) is 27.9 Å². The molecule has 0 aliphatic rings. The molecule has 1 aromatic heterocycles. The molecule has 1 unspecified atom stereocenters. The lowest BCUT2D eigenvalue weighted by Crippen LogP contribution is -2.28. The Morgan fingerprint density at radius 1 is 1.47 bits per heavy atom. The van der Waals surface area contributed by atoms with Crippen molar-refractivity contribution < 1.29 is 0 Å². The van der Waals surface area contributed by atoms with E-state index in [-0.39, 0.29) is 0 Å². The second-order valence-corrected chi connectivity index (χ2v) is 5.58. The van der Waals surface area contributed by atoms with Crippen molar-refractivity contribution in [2.24, 2.45) is 7.05 Å². The quantitative estimate of drug-likeness (QED) is 0.543. The van der Waals surface area contributed by atoms with Crippen LogP contribution < -0.4 is 5.32 Å². The fourth-order valence-electron chi connectivity index (χ4n) is 1.74. The Balaban J connectivity index is 2.02. The van der Waals surface area contributed by atoms with Gasteiger partial charge in [-0.2, -0.15) is 0 Å². The van der Waals surface area contributed by atoms with E-state index in [1.165, 1.54) is 25.7 Å². The first-order valence-corrected chi connectivity index (χ1v) is 7.56. The Morgan fingerprint density at radius 2 is 2.29 bits per heavy atom. The van der Waals surface area contributed by atoms with E-state index in [1.54, 1.807) is 0 Å². The molecule has 98 valence electrons. The van der Waals surface area contributed by atoms with Gasteiger partial charge in [0.15, 0.2) is 5.16 Å². The lowest BCUT2D eigenvalue weighted by Gasteiger charge is -2.13. The van der Waals surface area contributed by atoms with Crippen LogP contribution in [0.4, 0.5) is 0 Å². The van der Waals surface area contributed by atoms with Gasteiger partial charge in [0.25, 0.3) is 0 Å². The topological polar surface area (TPSA) is 29.9 Å². The molecule has 0 aliphatic carbocycles. The van der Waals surface area contributed by atoms with Gasteiger partial charge in [0.05, 0.1) is 0 Å². The van der Waals surface area contributed by atoms with Crippen molar-refractivity contribution in [3.63, 3.8) is 0 Å². The maximum absolute atomic E-state index is 4.29. The van der Waals surface area contributed by atoms with Crippen LogP contribution in [0.3, 0.4) is 0 Å². The first kappa shape index (κ1) is 14.6. The Labute approximate surface area is 109 Å². The van der Waals surface area contributed by atoms with Crippen LogP contribution in [0.15, 0.2) is 17.6 Å². The molecular formula is C13H25N3S. The van der Waals surface area contributed by atoms with Gasteiger partial charge in [0, 0.05) is 37.8 Å². The van der Waals surface area contributed by atoms with Crippen molar-refractivity contribution in [1.82, 2.24) is 14.9 Å². The largest absolute Gasteiger partial charge is 0.329 e. The highest BCUT2D eigenvalue weighted by molar-refractivity contribution is 7.99. The molecule has 4 heteroatoms. The molecule has 17 heavy (non-hydrogen) atoms. The summed E-state index contributed by atoms with van der Waals surface area (Å²) in [6.45, 7) is 5.59. The summed E-state index contributed by atoms with van der Waals surface area (Å²) in [5, 5.41) is 4.67. The summed E-state index contributed by atoms with van der Waals surface area (Å²) in [6, 6.07) is 0.642. The minimum absolute atomic E-state index is 0.642. The van der Waals surface area contributed by atoms with E-state index in [2.05, 4.69) is 28.7 Å². The van der Waals surface area contributed by atoms with Crippen molar-refractivity contribution in [3.05, 3.63) is 12.4 Å². The predicted molar refractivity (Wildman–Crippen MR) is 75.5 cm³/mol. The zero-order valence-corrected chi connectivity index (χ0v) is 12.1. The van der Waals surface area contributed by atoms with Crippen LogP contribution in [0.1, 0.15) is 39.5 Å². The molecule has 0 saturated heterocycles. The van der Waals surface area contributed by atoms with E-state index >= 15 is 0 Å². The van der Waals surface area contributed by atoms with Gasteiger partial charge in [-0.15, -0.1) is 0 Å². The highest BCUT2D eigenvalue weighted by Gasteiger charge is 2.02. The Kier molecular flexibility index (Phi) is 7.37. The van der Waals surface area contributed by atoms with E-state index in [9.17, 15) is 0 Å². The van der Waals surface area contributed by atoms with Gasteiger partial charge >= 0.3 is 0 Å². The van der Waals surface area contributed by atoms with Gasteiger partial charge in [0.2, 0.25) is 0 Å². The van der Waals surface area contributed by atoms with E-state index in [4.69, 9.17) is 0 Å². The summed E-state index contributed by atoms with van der Waals surface area (Å²) in [6.07, 6.45) is 9.14. The second-order valence-electron chi connectivity index (χ2n) is 4.52. The molecule has 0 radical (unpaired) electrons. The van der Waals surface area contributed by atoms with Crippen molar-refractivity contribution >= 4 is 11.8 Å². The van der Waals surface area contributed by atoms with E-state index in [0.717, 1.165) is 17.5 Å². The van der Waals surface area contributed by atoms with Crippen molar-refractivity contribution in [3.8, 4) is 0 Å². The van der Waals surface area contributed by atoms with E-state index in [1.807, 2.05) is 31.2 Å². The number of rotatable bonds is 9. The summed E-state index contributed by atoms with van der Waals surface area (Å²) in [7, 11) is 2.04. The Hall–Kier alpha value is -0.480. The Morgan fingerprint density at radius 3 is 2.94 bits per heavy atom. The molecule has 0 aliphatic heterocycles. The minimum Gasteiger partial charge on any atom is -0.329 e. The molecule has 0 amide bonds. The van der Waals surface area contributed by atoms with Crippen LogP contribution in [-0.2, 0) is 7.05 Å². The number of aromatic nitrogens is 2. The average molecular weight is 255 g/mol. The van der Waals surface area contributed by atoms with Gasteiger partial charge in [-0.1, -0.05) is 37.9 Å². The number of hydrogen-bond donors (Lipinski definition) is 1. The zero-order chi connectivity index (χ0) is 12.5. The molecule has 1 atom stereocenters. The number of nitrogens with one attached hydrogen (secondary N) is 1. The molecule has 1 rings (SSSR count). The number of nitrogens with zero attached hydrogens (tertiary/aromatic N) is 2. The van der Waals surface area contributed by atoms with Crippen molar-refractivity contribution in [2.45, 2.75) is 50.7 Å². The fraction of sp³-hybridized carbons (Fsp3) is 0.769. The summed E-state index contributed by atoms with van der Waals surface area (Å²) in [5.41, 5.74) is 0. The third-order valence-electron chi connectivity index (χ3n) is 2.84. The molecule has 3 nitrogen and oxygen atoms in total. The lowest BCUT2D eigenvalue weighted by molar-refractivity contribution is 0.502. The third kappa shape index (κ3) is 6.13. The molecule has 0 bridgehead atoms. The second kappa shape index (κ2) is 8.59. The van der Waals surface area contributed by atoms with Crippen LogP contribution >= 0.6 is 11.8 Å². The lowest BCUT2D eigenvalue weighted by atomic mass is 10.1. The summed E-state index contributed by atoms with van der Waals surface area (Å²) >= 11 is 1.81. The first-order chi connectivity index (χ1) is 8.24. The predicted octanol–water partition coefficient (Wildman–Crippen LogP) is 3.07. The summed E-state index contributed by atoms with van der Waals surface area (Å²) in [5.74, 6) is 1.09. The summed E-state index contributed by atoms with van der Waals surface area (Å²) < 4.78 is 2.06. The Bertz CT molecular complexity index is 299. The highest BCUT2D eigenvalue weighted by Crippen LogP contribution is 2.13. The van der Waals surface area contributed by atoms with Crippen LogP contribution in [0.5, 0.6) is 0 Å². The van der Waals surface area contributed by atoms with Crippen LogP contribution in [0.25, 0.3) is 0 Å². The van der Waals surface area contributed by atoms with E-state index in [0.29, 0.717) is 6.04 Å². The zero-order valence-electron chi connectivity index (χ0n) is 11.3. The third-order valence-corrected chi connectivity index (χ3v) is 3.90. The molecule has 1 aromatic rings. The number of imidazole rings is 1. The molecule has 0 aromatic carbocycles. The monoisotopic (exact) mass is 255 g/mol. The fourth-order valence-corrected chi connectivity index (χ4v) is 2.54. The SMILES string of the molecule is CCCCCC(C)NCCSc1nccn1C. The van der Waals surface area contributed by atoms with Gasteiger partial charge in [0.1, 0.15) is 0 Å². The molecule has 0 fully saturated rings. The average Bonchev–Trinajstić information content (AvgIpc) is 2.71. The molecule has 0 saturated carbocycles. The van der Waals surface area contributed by atoms with Crippen molar-refractivity contribution in [1.29, 1.82) is 0 Å². The maximum atomic E-state index is 4.29. The van der Waals surface area contributed by atoms with Crippen molar-refractivity contribution in [2.75, 3.05) is 12.3 Å². The molecular weight excluding hydrogens is 230 g/mol. The van der Waals surface area contributed by atoms with Gasteiger partial charge < -0.3 is 9.88 Å². The highest BCUT2D eigenvalue weighted by atomic mass is 32.2. The number of aryl methyl sites for hydroxylation is 1. The molecule has 1 heterocycles. The minimum atomic E-state index is 0.642. The van der Waals surface area contributed by atoms with Gasteiger partial charge in [-0.05, 0) is 13.3 Å². The number of thioether (sulfide) groups is 1. The van der Waals surface area contributed by atoms with Crippen LogP contribution in [0.2, 0.25) is 0 Å². The standard InChI is InChI=1S/C13H25N3S/c1-4-5-6-7-12(2)14-9-11-17-13-15-8-10-16(13)3/h8,10,12,14H,4-7,9,11H2,1-3H3. The van der Waals surface area contributed by atoms with Gasteiger partial charge in [-0.25, -0.2) is 4.98 Å². The molecule has 1 N–H and O–H groups in total. The van der Waals surface area contributed by atoms with Crippen LogP contribution in [0, 0.1) is 0 Å². The maximum Gasteiger partial charge on any atom is 0.167 e. The smallest absolute Gasteiger partial charge is 0.167 e. The number of unbranched alkanes of at least 4 members (excludes halogenated alkanes) is 2. The van der Waals surface area contributed by atoms with Gasteiger partial charge in [-0.3, -0.25) is 0 Å². The van der Waals surface area contributed by atoms with E-state index < -0.39 is 0 Å². The normalized spacial score (nSPS) is 12.9. The number of hydrogen-bond acceptors (Lipinski definition) is 3.